The van der Waals surface area contributed by atoms with Crippen LogP contribution in [0.15, 0.2) is 23.1 Å². The molecule has 2 aliphatic heterocycles. The van der Waals surface area contributed by atoms with E-state index in [0.717, 1.165) is 31.7 Å². The first-order valence-corrected chi connectivity index (χ1v) is 10.5. The van der Waals surface area contributed by atoms with Crippen molar-refractivity contribution in [2.24, 2.45) is 0 Å². The van der Waals surface area contributed by atoms with Gasteiger partial charge in [0.1, 0.15) is 11.7 Å². The number of anilines is 1. The van der Waals surface area contributed by atoms with Gasteiger partial charge in [-0.15, -0.1) is 0 Å². The molecule has 0 saturated carbocycles. The summed E-state index contributed by atoms with van der Waals surface area (Å²) < 4.78 is 27.2. The van der Waals surface area contributed by atoms with Gasteiger partial charge in [0.25, 0.3) is 5.69 Å². The van der Waals surface area contributed by atoms with Crippen molar-refractivity contribution in [3.05, 3.63) is 28.3 Å². The Labute approximate surface area is 157 Å². The highest BCUT2D eigenvalue weighted by Gasteiger charge is 2.35. The van der Waals surface area contributed by atoms with Crippen molar-refractivity contribution < 1.29 is 23.2 Å². The number of carbonyl (C=O) groups is 1. The van der Waals surface area contributed by atoms with Crippen molar-refractivity contribution >= 4 is 27.4 Å². The van der Waals surface area contributed by atoms with E-state index in [9.17, 15) is 28.4 Å². The van der Waals surface area contributed by atoms with Crippen LogP contribution in [-0.2, 0) is 14.8 Å². The molecule has 1 N–H and O–H groups in total. The first kappa shape index (κ1) is 19.6. The second-order valence-electron chi connectivity index (χ2n) is 6.92. The minimum absolute atomic E-state index is 0.120. The van der Waals surface area contributed by atoms with E-state index in [-0.39, 0.29) is 16.3 Å². The van der Waals surface area contributed by atoms with Crippen LogP contribution in [-0.4, -0.2) is 54.4 Å². The van der Waals surface area contributed by atoms with E-state index < -0.39 is 27.0 Å². The average molecular weight is 397 g/mol. The highest BCUT2D eigenvalue weighted by atomic mass is 32.2. The zero-order valence-corrected chi connectivity index (χ0v) is 15.7. The number of carboxylic acids is 1. The molecule has 2 aliphatic rings. The van der Waals surface area contributed by atoms with Gasteiger partial charge in [-0.05, 0) is 37.8 Å². The van der Waals surface area contributed by atoms with Gasteiger partial charge < -0.3 is 10.0 Å². The summed E-state index contributed by atoms with van der Waals surface area (Å²) in [4.78, 5) is 23.7. The van der Waals surface area contributed by atoms with Gasteiger partial charge in [-0.1, -0.05) is 12.8 Å². The molecule has 0 unspecified atom stereocenters. The highest BCUT2D eigenvalue weighted by Crippen LogP contribution is 2.36. The van der Waals surface area contributed by atoms with E-state index in [1.165, 1.54) is 21.3 Å². The first-order chi connectivity index (χ1) is 12.8. The van der Waals surface area contributed by atoms with Gasteiger partial charge in [0, 0.05) is 25.7 Å². The molecule has 0 spiro atoms. The minimum Gasteiger partial charge on any atom is -0.480 e. The number of nitro groups is 1. The van der Waals surface area contributed by atoms with E-state index in [4.69, 9.17) is 0 Å². The summed E-state index contributed by atoms with van der Waals surface area (Å²) in [6, 6.07) is 2.94. The van der Waals surface area contributed by atoms with Crippen LogP contribution >= 0.6 is 0 Å². The standard InChI is InChI=1S/C17H23N3O6S/c21-17(22)15-6-5-11-19(15)14-8-7-13(12-16(14)20(23)24)27(25,26)18-9-3-1-2-4-10-18/h7-8,12,15H,1-6,9-11H2,(H,21,22)/t15-/m1/s1. The monoisotopic (exact) mass is 397 g/mol. The SMILES string of the molecule is O=C(O)[C@H]1CCCN1c1ccc(S(=O)(=O)N2CCCCCC2)cc1[N+](=O)[O-]. The van der Waals surface area contributed by atoms with E-state index in [1.807, 2.05) is 0 Å². The Morgan fingerprint density at radius 1 is 1.11 bits per heavy atom. The number of sulfonamides is 1. The third kappa shape index (κ3) is 3.91. The lowest BCUT2D eigenvalue weighted by Crippen LogP contribution is -2.36. The molecule has 0 amide bonds. The van der Waals surface area contributed by atoms with Gasteiger partial charge in [0.05, 0.1) is 9.82 Å². The maximum atomic E-state index is 12.9. The topological polar surface area (TPSA) is 121 Å². The summed E-state index contributed by atoms with van der Waals surface area (Å²) in [6.45, 7) is 1.20. The lowest BCUT2D eigenvalue weighted by Gasteiger charge is -2.24. The molecule has 0 radical (unpaired) electrons. The molecular weight excluding hydrogens is 374 g/mol. The number of nitro benzene ring substituents is 1. The molecule has 27 heavy (non-hydrogen) atoms. The van der Waals surface area contributed by atoms with Gasteiger partial charge in [-0.3, -0.25) is 10.1 Å². The number of rotatable bonds is 5. The fraction of sp³-hybridized carbons (Fsp3) is 0.588. The minimum atomic E-state index is -3.82. The molecule has 10 heteroatoms. The van der Waals surface area contributed by atoms with Gasteiger partial charge in [-0.2, -0.15) is 4.31 Å². The number of hydrogen-bond acceptors (Lipinski definition) is 6. The molecule has 148 valence electrons. The van der Waals surface area contributed by atoms with Gasteiger partial charge in [0.15, 0.2) is 0 Å². The Morgan fingerprint density at radius 2 is 1.78 bits per heavy atom. The van der Waals surface area contributed by atoms with Gasteiger partial charge in [0.2, 0.25) is 10.0 Å². The summed E-state index contributed by atoms with van der Waals surface area (Å²) in [5, 5.41) is 20.9. The fourth-order valence-electron chi connectivity index (χ4n) is 3.80. The Morgan fingerprint density at radius 3 is 2.37 bits per heavy atom. The van der Waals surface area contributed by atoms with Crippen molar-refractivity contribution in [3.63, 3.8) is 0 Å². The normalized spacial score (nSPS) is 21.8. The quantitative estimate of drug-likeness (QED) is 0.597. The first-order valence-electron chi connectivity index (χ1n) is 9.10. The molecule has 1 aromatic carbocycles. The number of carboxylic acid groups (broad SMARTS) is 1. The van der Waals surface area contributed by atoms with Crippen LogP contribution in [0.3, 0.4) is 0 Å². The van der Waals surface area contributed by atoms with Crippen molar-refractivity contribution in [3.8, 4) is 0 Å². The van der Waals surface area contributed by atoms with E-state index >= 15 is 0 Å². The molecule has 2 saturated heterocycles. The largest absolute Gasteiger partial charge is 0.480 e. The Hall–Kier alpha value is -2.20. The highest BCUT2D eigenvalue weighted by molar-refractivity contribution is 7.89. The summed E-state index contributed by atoms with van der Waals surface area (Å²) in [5.41, 5.74) is -0.223. The Balaban J connectivity index is 1.98. The van der Waals surface area contributed by atoms with Gasteiger partial charge >= 0.3 is 5.97 Å². The molecule has 3 rings (SSSR count). The second kappa shape index (κ2) is 7.81. The van der Waals surface area contributed by atoms with Crippen LogP contribution in [0, 0.1) is 10.1 Å². The predicted molar refractivity (Wildman–Crippen MR) is 98.3 cm³/mol. The molecule has 0 bridgehead atoms. The number of aliphatic carboxylic acids is 1. The smallest absolute Gasteiger partial charge is 0.326 e. The molecule has 1 atom stereocenters. The summed E-state index contributed by atoms with van der Waals surface area (Å²) in [7, 11) is -3.82. The lowest BCUT2D eigenvalue weighted by molar-refractivity contribution is -0.384. The zero-order valence-electron chi connectivity index (χ0n) is 14.9. The van der Waals surface area contributed by atoms with E-state index in [1.54, 1.807) is 0 Å². The molecule has 0 aromatic heterocycles. The van der Waals surface area contributed by atoms with E-state index in [2.05, 4.69) is 0 Å². The molecular formula is C17H23N3O6S. The van der Waals surface area contributed by atoms with Crippen LogP contribution in [0.25, 0.3) is 0 Å². The van der Waals surface area contributed by atoms with Crippen LogP contribution in [0.2, 0.25) is 0 Å². The molecule has 9 nitrogen and oxygen atoms in total. The Bertz CT molecular complexity index is 833. The number of hydrogen-bond donors (Lipinski definition) is 1. The van der Waals surface area contributed by atoms with Crippen molar-refractivity contribution in [1.82, 2.24) is 4.31 Å². The van der Waals surface area contributed by atoms with E-state index in [0.29, 0.717) is 32.5 Å². The molecule has 1 aromatic rings. The summed E-state index contributed by atoms with van der Waals surface area (Å²) in [6.07, 6.45) is 4.50. The average Bonchev–Trinajstić information content (AvgIpc) is 2.95. The van der Waals surface area contributed by atoms with Crippen molar-refractivity contribution in [1.29, 1.82) is 0 Å². The van der Waals surface area contributed by atoms with Crippen molar-refractivity contribution in [2.45, 2.75) is 49.5 Å². The van der Waals surface area contributed by atoms with Crippen LogP contribution in [0.1, 0.15) is 38.5 Å². The number of benzene rings is 1. The molecule has 0 aliphatic carbocycles. The van der Waals surface area contributed by atoms with Crippen LogP contribution in [0.5, 0.6) is 0 Å². The maximum absolute atomic E-state index is 12.9. The van der Waals surface area contributed by atoms with Crippen LogP contribution < -0.4 is 4.90 Å². The van der Waals surface area contributed by atoms with Crippen molar-refractivity contribution in [2.75, 3.05) is 24.5 Å². The zero-order chi connectivity index (χ0) is 19.6. The summed E-state index contributed by atoms with van der Waals surface area (Å²) >= 11 is 0. The molecule has 2 fully saturated rings. The molecule has 2 heterocycles. The van der Waals surface area contributed by atoms with Gasteiger partial charge in [-0.25, -0.2) is 13.2 Å². The third-order valence-electron chi connectivity index (χ3n) is 5.19. The summed E-state index contributed by atoms with van der Waals surface area (Å²) in [5.74, 6) is -1.04. The maximum Gasteiger partial charge on any atom is 0.326 e. The number of nitrogens with zero attached hydrogens (tertiary/aromatic N) is 3. The third-order valence-corrected chi connectivity index (χ3v) is 7.09. The predicted octanol–water partition coefficient (Wildman–Crippen LogP) is 2.21. The van der Waals surface area contributed by atoms with Crippen LogP contribution in [0.4, 0.5) is 11.4 Å². The second-order valence-corrected chi connectivity index (χ2v) is 8.85. The Kier molecular flexibility index (Phi) is 5.66. The lowest BCUT2D eigenvalue weighted by atomic mass is 10.2. The fourth-order valence-corrected chi connectivity index (χ4v) is 5.33.